The molecule has 0 unspecified atom stereocenters. The molecular formula is C27H24N2. The Morgan fingerprint density at radius 3 is 1.97 bits per heavy atom. The smallest absolute Gasteiger partial charge is 0.0344 e. The Labute approximate surface area is 171 Å². The molecule has 1 aliphatic rings. The quantitative estimate of drug-likeness (QED) is 0.352. The highest BCUT2D eigenvalue weighted by molar-refractivity contribution is 5.94. The highest BCUT2D eigenvalue weighted by Crippen LogP contribution is 2.46. The van der Waals surface area contributed by atoms with Crippen molar-refractivity contribution in [3.8, 4) is 33.4 Å². The van der Waals surface area contributed by atoms with E-state index in [9.17, 15) is 0 Å². The molecule has 2 nitrogen and oxygen atoms in total. The van der Waals surface area contributed by atoms with Gasteiger partial charge in [-0.05, 0) is 100 Å². The number of fused-ring (bicyclic) bond motifs is 3. The topological polar surface area (TPSA) is 52.0 Å². The number of nitrogens with two attached hydrogens (primary N) is 2. The van der Waals surface area contributed by atoms with E-state index < -0.39 is 0 Å². The molecule has 0 radical (unpaired) electrons. The van der Waals surface area contributed by atoms with Crippen molar-refractivity contribution in [1.82, 2.24) is 0 Å². The first-order valence-electron chi connectivity index (χ1n) is 10.00. The molecule has 0 aliphatic heterocycles. The second-order valence-corrected chi connectivity index (χ2v) is 7.99. The summed E-state index contributed by atoms with van der Waals surface area (Å²) in [5.41, 5.74) is 26.5. The Hall–Kier alpha value is -3.52. The van der Waals surface area contributed by atoms with Crippen LogP contribution in [0.4, 0.5) is 11.4 Å². The maximum absolute atomic E-state index is 6.12. The largest absolute Gasteiger partial charge is 0.399 e. The lowest BCUT2D eigenvalue weighted by Gasteiger charge is -2.17. The van der Waals surface area contributed by atoms with Crippen LogP contribution in [0.1, 0.15) is 22.3 Å². The summed E-state index contributed by atoms with van der Waals surface area (Å²) >= 11 is 0. The summed E-state index contributed by atoms with van der Waals surface area (Å²) in [5, 5.41) is 0. The van der Waals surface area contributed by atoms with Crippen molar-refractivity contribution in [1.29, 1.82) is 0 Å². The third kappa shape index (κ3) is 2.80. The number of nitrogen functional groups attached to an aromatic ring is 2. The highest BCUT2D eigenvalue weighted by Gasteiger charge is 2.24. The van der Waals surface area contributed by atoms with Crippen LogP contribution in [0.25, 0.3) is 33.4 Å². The number of hydrogen-bond donors (Lipinski definition) is 2. The Morgan fingerprint density at radius 2 is 1.24 bits per heavy atom. The third-order valence-electron chi connectivity index (χ3n) is 6.13. The van der Waals surface area contributed by atoms with Gasteiger partial charge in [-0.3, -0.25) is 0 Å². The lowest BCUT2D eigenvalue weighted by Crippen LogP contribution is -1.96. The molecule has 0 spiro atoms. The summed E-state index contributed by atoms with van der Waals surface area (Å²) in [6.07, 6.45) is 0.950. The first-order valence-corrected chi connectivity index (χ1v) is 10.00. The molecule has 5 rings (SSSR count). The second kappa shape index (κ2) is 6.52. The van der Waals surface area contributed by atoms with Crippen molar-refractivity contribution in [3.05, 3.63) is 95.1 Å². The van der Waals surface area contributed by atoms with Crippen LogP contribution in [-0.2, 0) is 6.42 Å². The SMILES string of the molecule is Cc1cc(-c2ccc3c(c2-c2ccc(N)c(C)c2)Cc2ccccc2-3)ccc1N. The number of hydrogen-bond acceptors (Lipinski definition) is 2. The lowest BCUT2D eigenvalue weighted by atomic mass is 9.87. The average Bonchev–Trinajstić information content (AvgIpc) is 3.10. The van der Waals surface area contributed by atoms with Crippen LogP contribution >= 0.6 is 0 Å². The Balaban J connectivity index is 1.81. The summed E-state index contributed by atoms with van der Waals surface area (Å²) < 4.78 is 0. The fourth-order valence-corrected chi connectivity index (χ4v) is 4.46. The fraction of sp³-hybridized carbons (Fsp3) is 0.111. The standard InChI is InChI=1S/C27H24N2/c1-16-13-19(7-11-25(16)28)22-9-10-23-21-6-4-3-5-18(21)15-24(23)27(22)20-8-12-26(29)17(2)14-20/h3-14H,15,28-29H2,1-2H3. The molecule has 2 heteroatoms. The van der Waals surface area contributed by atoms with Gasteiger partial charge in [0.05, 0.1) is 0 Å². The van der Waals surface area contributed by atoms with Gasteiger partial charge in [-0.2, -0.15) is 0 Å². The van der Waals surface area contributed by atoms with Gasteiger partial charge in [-0.1, -0.05) is 48.5 Å². The van der Waals surface area contributed by atoms with Crippen LogP contribution < -0.4 is 11.5 Å². The molecule has 0 atom stereocenters. The van der Waals surface area contributed by atoms with Crippen LogP contribution in [-0.4, -0.2) is 0 Å². The molecule has 4 N–H and O–H groups in total. The van der Waals surface area contributed by atoms with Gasteiger partial charge in [0.1, 0.15) is 0 Å². The van der Waals surface area contributed by atoms with Gasteiger partial charge in [-0.15, -0.1) is 0 Å². The summed E-state index contributed by atoms with van der Waals surface area (Å²) in [5.74, 6) is 0. The van der Waals surface area contributed by atoms with E-state index in [-0.39, 0.29) is 0 Å². The summed E-state index contributed by atoms with van der Waals surface area (Å²) in [6, 6.07) is 25.9. The van der Waals surface area contributed by atoms with Gasteiger partial charge in [0.25, 0.3) is 0 Å². The lowest BCUT2D eigenvalue weighted by molar-refractivity contribution is 1.26. The number of rotatable bonds is 2. The van der Waals surface area contributed by atoms with Crippen molar-refractivity contribution >= 4 is 11.4 Å². The average molecular weight is 377 g/mol. The molecule has 0 heterocycles. The molecule has 142 valence electrons. The van der Waals surface area contributed by atoms with Gasteiger partial charge in [0.15, 0.2) is 0 Å². The molecule has 0 saturated carbocycles. The monoisotopic (exact) mass is 376 g/mol. The zero-order chi connectivity index (χ0) is 20.1. The van der Waals surface area contributed by atoms with Gasteiger partial charge >= 0.3 is 0 Å². The predicted octanol–water partition coefficient (Wildman–Crippen LogP) is 6.37. The fourth-order valence-electron chi connectivity index (χ4n) is 4.46. The zero-order valence-corrected chi connectivity index (χ0v) is 16.8. The predicted molar refractivity (Wildman–Crippen MR) is 124 cm³/mol. The molecule has 0 aromatic heterocycles. The maximum Gasteiger partial charge on any atom is 0.0344 e. The van der Waals surface area contributed by atoms with Crippen LogP contribution in [0.15, 0.2) is 72.8 Å². The van der Waals surface area contributed by atoms with Gasteiger partial charge < -0.3 is 11.5 Å². The Bertz CT molecular complexity index is 1270. The van der Waals surface area contributed by atoms with Crippen LogP contribution in [0.2, 0.25) is 0 Å². The van der Waals surface area contributed by atoms with Crippen molar-refractivity contribution in [2.24, 2.45) is 0 Å². The van der Waals surface area contributed by atoms with Crippen LogP contribution in [0.3, 0.4) is 0 Å². The summed E-state index contributed by atoms with van der Waals surface area (Å²) in [7, 11) is 0. The van der Waals surface area contributed by atoms with Crippen LogP contribution in [0.5, 0.6) is 0 Å². The van der Waals surface area contributed by atoms with E-state index in [4.69, 9.17) is 11.5 Å². The van der Waals surface area contributed by atoms with Crippen molar-refractivity contribution < 1.29 is 0 Å². The van der Waals surface area contributed by atoms with Crippen LogP contribution in [0, 0.1) is 13.8 Å². The molecule has 4 aromatic carbocycles. The molecule has 4 aromatic rings. The highest BCUT2D eigenvalue weighted by atomic mass is 14.6. The van der Waals surface area contributed by atoms with E-state index in [0.717, 1.165) is 28.9 Å². The van der Waals surface area contributed by atoms with Crippen molar-refractivity contribution in [2.45, 2.75) is 20.3 Å². The minimum absolute atomic E-state index is 0.826. The minimum Gasteiger partial charge on any atom is -0.399 e. The van der Waals surface area contributed by atoms with Crippen molar-refractivity contribution in [3.63, 3.8) is 0 Å². The molecule has 1 aliphatic carbocycles. The Morgan fingerprint density at radius 1 is 0.621 bits per heavy atom. The molecule has 0 bridgehead atoms. The number of anilines is 2. The first kappa shape index (κ1) is 17.6. The van der Waals surface area contributed by atoms with Gasteiger partial charge in [0, 0.05) is 11.4 Å². The van der Waals surface area contributed by atoms with Gasteiger partial charge in [0.2, 0.25) is 0 Å². The van der Waals surface area contributed by atoms with Crippen molar-refractivity contribution in [2.75, 3.05) is 11.5 Å². The molecular weight excluding hydrogens is 352 g/mol. The number of benzene rings is 4. The van der Waals surface area contributed by atoms with E-state index in [1.165, 1.54) is 44.5 Å². The van der Waals surface area contributed by atoms with E-state index in [0.29, 0.717) is 0 Å². The van der Waals surface area contributed by atoms with E-state index in [2.05, 4.69) is 74.5 Å². The zero-order valence-electron chi connectivity index (χ0n) is 16.8. The van der Waals surface area contributed by atoms with E-state index >= 15 is 0 Å². The minimum atomic E-state index is 0.826. The summed E-state index contributed by atoms with van der Waals surface area (Å²) in [4.78, 5) is 0. The number of aryl methyl sites for hydroxylation is 2. The molecule has 0 fully saturated rings. The molecule has 29 heavy (non-hydrogen) atoms. The van der Waals surface area contributed by atoms with E-state index in [1.54, 1.807) is 0 Å². The normalized spacial score (nSPS) is 11.9. The maximum atomic E-state index is 6.12. The molecule has 0 saturated heterocycles. The first-order chi connectivity index (χ1) is 14.0. The Kier molecular flexibility index (Phi) is 3.95. The summed E-state index contributed by atoms with van der Waals surface area (Å²) in [6.45, 7) is 4.14. The third-order valence-corrected chi connectivity index (χ3v) is 6.13. The van der Waals surface area contributed by atoms with Gasteiger partial charge in [-0.25, -0.2) is 0 Å². The second-order valence-electron chi connectivity index (χ2n) is 7.99. The van der Waals surface area contributed by atoms with E-state index in [1.807, 2.05) is 12.1 Å². The molecule has 0 amide bonds.